The van der Waals surface area contributed by atoms with E-state index in [-0.39, 0.29) is 19.4 Å². The van der Waals surface area contributed by atoms with Crippen LogP contribution >= 0.6 is 0 Å². The Bertz CT molecular complexity index is 534. The second-order valence-corrected chi connectivity index (χ2v) is 5.87. The molecule has 2 N–H and O–H groups in total. The van der Waals surface area contributed by atoms with Gasteiger partial charge in [0.05, 0.1) is 6.61 Å². The highest BCUT2D eigenvalue weighted by Crippen LogP contribution is 2.19. The van der Waals surface area contributed by atoms with Crippen molar-refractivity contribution in [2.45, 2.75) is 64.6 Å². The predicted octanol–water partition coefficient (Wildman–Crippen LogP) is 2.48. The minimum atomic E-state index is -1.36. The molecule has 0 aliphatic carbocycles. The molecule has 0 amide bonds. The zero-order valence-electron chi connectivity index (χ0n) is 14.5. The fourth-order valence-corrected chi connectivity index (χ4v) is 2.40. The third-order valence-corrected chi connectivity index (χ3v) is 3.81. The molecule has 7 nitrogen and oxygen atoms in total. The average molecular weight is 354 g/mol. The lowest BCUT2D eigenvalue weighted by Crippen LogP contribution is -2.16. The third-order valence-electron chi connectivity index (χ3n) is 3.81. The van der Waals surface area contributed by atoms with Crippen molar-refractivity contribution in [1.29, 1.82) is 0 Å². The molecule has 0 saturated carbocycles. The smallest absolute Gasteiger partial charge is 0.345 e. The molecule has 0 aromatic heterocycles. The number of esters is 2. The van der Waals surface area contributed by atoms with E-state index < -0.39 is 29.8 Å². The number of rotatable bonds is 12. The van der Waals surface area contributed by atoms with Gasteiger partial charge < -0.3 is 19.7 Å². The van der Waals surface area contributed by atoms with E-state index in [4.69, 9.17) is 9.84 Å². The van der Waals surface area contributed by atoms with Crippen LogP contribution in [0.15, 0.2) is 23.3 Å². The van der Waals surface area contributed by atoms with Crippen molar-refractivity contribution in [2.24, 2.45) is 0 Å². The summed E-state index contributed by atoms with van der Waals surface area (Å²) >= 11 is 0. The maximum absolute atomic E-state index is 11.8. The first-order valence-corrected chi connectivity index (χ1v) is 8.65. The monoisotopic (exact) mass is 354 g/mol. The van der Waals surface area contributed by atoms with Gasteiger partial charge in [0, 0.05) is 11.6 Å². The molecule has 1 atom stereocenters. The van der Waals surface area contributed by atoms with Crippen LogP contribution in [0.2, 0.25) is 0 Å². The number of carbonyl (C=O) groups is 3. The highest BCUT2D eigenvalue weighted by Gasteiger charge is 2.23. The highest BCUT2D eigenvalue weighted by atomic mass is 16.6. The van der Waals surface area contributed by atoms with E-state index in [0.717, 1.165) is 31.8 Å². The Hall–Kier alpha value is -2.15. The molecule has 0 fully saturated rings. The van der Waals surface area contributed by atoms with Gasteiger partial charge in [-0.3, -0.25) is 0 Å². The Morgan fingerprint density at radius 1 is 1.24 bits per heavy atom. The summed E-state index contributed by atoms with van der Waals surface area (Å²) in [5.41, 5.74) is -0.0854. The van der Waals surface area contributed by atoms with Gasteiger partial charge in [0.2, 0.25) is 6.29 Å². The Kier molecular flexibility index (Phi) is 9.54. The topological polar surface area (TPSA) is 110 Å². The second kappa shape index (κ2) is 11.4. The lowest BCUT2D eigenvalue weighted by molar-refractivity contribution is -0.151. The molecule has 1 unspecified atom stereocenters. The van der Waals surface area contributed by atoms with Gasteiger partial charge >= 0.3 is 17.9 Å². The molecule has 0 spiro atoms. The van der Waals surface area contributed by atoms with E-state index in [2.05, 4.69) is 11.7 Å². The summed E-state index contributed by atoms with van der Waals surface area (Å²) in [5.74, 6) is -2.86. The van der Waals surface area contributed by atoms with Crippen molar-refractivity contribution in [2.75, 3.05) is 6.61 Å². The van der Waals surface area contributed by atoms with Gasteiger partial charge in [-0.1, -0.05) is 45.1 Å². The first kappa shape index (κ1) is 20.9. The molecule has 7 heteroatoms. The van der Waals surface area contributed by atoms with Crippen LogP contribution in [0.4, 0.5) is 0 Å². The van der Waals surface area contributed by atoms with Crippen molar-refractivity contribution in [3.63, 3.8) is 0 Å². The molecule has 0 aromatic carbocycles. The largest absolute Gasteiger partial charge is 0.477 e. The van der Waals surface area contributed by atoms with Crippen LogP contribution in [0.1, 0.15) is 58.3 Å². The maximum atomic E-state index is 11.8. The number of carboxylic acid groups (broad SMARTS) is 1. The van der Waals surface area contributed by atoms with E-state index in [1.165, 1.54) is 12.5 Å². The van der Waals surface area contributed by atoms with Gasteiger partial charge in [-0.25, -0.2) is 14.4 Å². The third kappa shape index (κ3) is 7.98. The molecule has 0 aromatic rings. The zero-order chi connectivity index (χ0) is 18.7. The highest BCUT2D eigenvalue weighted by molar-refractivity contribution is 6.13. The van der Waals surface area contributed by atoms with Gasteiger partial charge in [-0.05, 0) is 19.3 Å². The van der Waals surface area contributed by atoms with Crippen LogP contribution in [0, 0.1) is 0 Å². The van der Waals surface area contributed by atoms with Crippen LogP contribution in [0.25, 0.3) is 0 Å². The van der Waals surface area contributed by atoms with E-state index in [1.54, 1.807) is 0 Å². The van der Waals surface area contributed by atoms with Crippen LogP contribution in [-0.2, 0) is 23.9 Å². The standard InChI is InChI=1S/C18H26O7/c1-2-3-4-5-6-7-11-24-18(23)14(16(20)21)10-8-9-13-12-15(19)25-17(13)22/h10,12,17,22H,2-9,11H2,1H3,(H,20,21). The van der Waals surface area contributed by atoms with E-state index in [0.29, 0.717) is 12.0 Å². The molecule has 0 radical (unpaired) electrons. The predicted molar refractivity (Wildman–Crippen MR) is 89.5 cm³/mol. The molecule has 1 aliphatic rings. The summed E-state index contributed by atoms with van der Waals surface area (Å²) in [6.07, 6.45) is 7.72. The summed E-state index contributed by atoms with van der Waals surface area (Å²) in [6.45, 7) is 2.33. The summed E-state index contributed by atoms with van der Waals surface area (Å²) in [5, 5.41) is 18.5. The zero-order valence-corrected chi connectivity index (χ0v) is 14.5. The van der Waals surface area contributed by atoms with E-state index in [9.17, 15) is 19.5 Å². The Balaban J connectivity index is 2.36. The van der Waals surface area contributed by atoms with Crippen LogP contribution in [0.5, 0.6) is 0 Å². The molecule has 0 saturated heterocycles. The summed E-state index contributed by atoms with van der Waals surface area (Å²) < 4.78 is 9.52. The summed E-state index contributed by atoms with van der Waals surface area (Å²) in [7, 11) is 0. The van der Waals surface area contributed by atoms with Crippen LogP contribution < -0.4 is 0 Å². The minimum Gasteiger partial charge on any atom is -0.477 e. The molecular weight excluding hydrogens is 328 g/mol. The Morgan fingerprint density at radius 2 is 1.92 bits per heavy atom. The number of aliphatic hydroxyl groups is 1. The summed E-state index contributed by atoms with van der Waals surface area (Å²) in [4.78, 5) is 34.0. The number of carbonyl (C=O) groups excluding carboxylic acids is 2. The number of aliphatic carboxylic acids is 1. The van der Waals surface area contributed by atoms with Crippen LogP contribution in [-0.4, -0.2) is 41.0 Å². The van der Waals surface area contributed by atoms with E-state index >= 15 is 0 Å². The SMILES string of the molecule is CCCCCCCCOC(=O)C(=CCCC1=CC(=O)OC1O)C(=O)O. The molecule has 1 aliphatic heterocycles. The number of aliphatic hydroxyl groups excluding tert-OH is 1. The van der Waals surface area contributed by atoms with Crippen molar-refractivity contribution >= 4 is 17.9 Å². The number of carboxylic acids is 1. The number of allylic oxidation sites excluding steroid dienone is 1. The summed E-state index contributed by atoms with van der Waals surface area (Å²) in [6, 6.07) is 0. The lowest BCUT2D eigenvalue weighted by atomic mass is 10.1. The normalized spacial score (nSPS) is 17.2. The molecule has 140 valence electrons. The number of hydrogen-bond acceptors (Lipinski definition) is 6. The quantitative estimate of drug-likeness (QED) is 0.182. The van der Waals surface area contributed by atoms with Crippen molar-refractivity contribution < 1.29 is 34.1 Å². The van der Waals surface area contributed by atoms with Gasteiger partial charge in [0.15, 0.2) is 0 Å². The molecule has 1 heterocycles. The maximum Gasteiger partial charge on any atom is 0.345 e. The fourth-order valence-electron chi connectivity index (χ4n) is 2.40. The van der Waals surface area contributed by atoms with Gasteiger partial charge in [-0.2, -0.15) is 0 Å². The lowest BCUT2D eigenvalue weighted by Gasteiger charge is -2.07. The van der Waals surface area contributed by atoms with Crippen molar-refractivity contribution in [3.8, 4) is 0 Å². The van der Waals surface area contributed by atoms with Crippen LogP contribution in [0.3, 0.4) is 0 Å². The van der Waals surface area contributed by atoms with E-state index in [1.807, 2.05) is 0 Å². The van der Waals surface area contributed by atoms with Crippen molar-refractivity contribution in [1.82, 2.24) is 0 Å². The minimum absolute atomic E-state index is 0.174. The van der Waals surface area contributed by atoms with Crippen molar-refractivity contribution in [3.05, 3.63) is 23.3 Å². The molecular formula is C18H26O7. The first-order chi connectivity index (χ1) is 12.0. The molecule has 25 heavy (non-hydrogen) atoms. The number of hydrogen-bond donors (Lipinski definition) is 2. The number of ether oxygens (including phenoxy) is 2. The Labute approximate surface area is 147 Å². The first-order valence-electron chi connectivity index (χ1n) is 8.65. The fraction of sp³-hybridized carbons (Fsp3) is 0.611. The van der Waals surface area contributed by atoms with Gasteiger partial charge in [0.25, 0.3) is 0 Å². The number of unbranched alkanes of at least 4 members (excludes halogenated alkanes) is 5. The molecule has 0 bridgehead atoms. The number of cyclic esters (lactones) is 1. The van der Waals surface area contributed by atoms with Gasteiger partial charge in [-0.15, -0.1) is 0 Å². The Morgan fingerprint density at radius 3 is 2.52 bits per heavy atom. The molecule has 1 rings (SSSR count). The average Bonchev–Trinajstić information content (AvgIpc) is 2.87. The second-order valence-electron chi connectivity index (χ2n) is 5.87. The van der Waals surface area contributed by atoms with Gasteiger partial charge in [0.1, 0.15) is 5.57 Å².